The second kappa shape index (κ2) is 6.76. The van der Waals surface area contributed by atoms with Crippen LogP contribution >= 0.6 is 11.6 Å². The highest BCUT2D eigenvalue weighted by molar-refractivity contribution is 6.30. The lowest BCUT2D eigenvalue weighted by Gasteiger charge is -2.11. The Bertz CT molecular complexity index is 747. The number of hydrogen-bond acceptors (Lipinski definition) is 2. The minimum absolute atomic E-state index is 0.159. The molecule has 0 aliphatic heterocycles. The van der Waals surface area contributed by atoms with Crippen LogP contribution in [-0.4, -0.2) is 9.55 Å². The Morgan fingerprint density at radius 1 is 1.14 bits per heavy atom. The monoisotopic (exact) mass is 306 g/mol. The molecule has 0 saturated heterocycles. The molecule has 0 aliphatic carbocycles. The second-order valence-electron chi connectivity index (χ2n) is 4.99. The summed E-state index contributed by atoms with van der Waals surface area (Å²) < 4.78 is 1.23. The molecule has 2 rings (SSSR count). The Kier molecular flexibility index (Phi) is 5.02. The molecule has 0 saturated carbocycles. The maximum atomic E-state index is 12.5. The van der Waals surface area contributed by atoms with E-state index in [2.05, 4.69) is 11.9 Å². The molecule has 0 unspecified atom stereocenters. The molecule has 0 aliphatic rings. The van der Waals surface area contributed by atoms with Crippen molar-refractivity contribution in [1.29, 1.82) is 0 Å². The number of nitrogens with zero attached hydrogens (tertiary/aromatic N) is 1. The summed E-state index contributed by atoms with van der Waals surface area (Å²) in [7, 11) is 0. The van der Waals surface area contributed by atoms with Crippen molar-refractivity contribution in [3.8, 4) is 0 Å². The Morgan fingerprint density at radius 2 is 1.81 bits per heavy atom. The van der Waals surface area contributed by atoms with E-state index in [1.54, 1.807) is 0 Å². The van der Waals surface area contributed by atoms with Crippen LogP contribution in [0.25, 0.3) is 0 Å². The smallest absolute Gasteiger partial charge is 0.297 e. The number of aromatic nitrogens is 2. The van der Waals surface area contributed by atoms with Gasteiger partial charge >= 0.3 is 5.69 Å². The van der Waals surface area contributed by atoms with Crippen LogP contribution in [-0.2, 0) is 19.4 Å². The zero-order valence-corrected chi connectivity index (χ0v) is 13.0. The zero-order chi connectivity index (χ0) is 15.4. The van der Waals surface area contributed by atoms with Gasteiger partial charge in [0.1, 0.15) is 5.15 Å². The molecular formula is C16H19ClN2O2. The van der Waals surface area contributed by atoms with Gasteiger partial charge in [-0.25, -0.2) is 4.79 Å². The van der Waals surface area contributed by atoms with Crippen LogP contribution in [0, 0.1) is 0 Å². The summed E-state index contributed by atoms with van der Waals surface area (Å²) in [5.74, 6) is 0. The van der Waals surface area contributed by atoms with Gasteiger partial charge in [-0.2, -0.15) is 0 Å². The van der Waals surface area contributed by atoms with E-state index in [4.69, 9.17) is 11.6 Å². The molecule has 4 nitrogen and oxygen atoms in total. The fraction of sp³-hybridized carbons (Fsp3) is 0.375. The molecule has 5 heteroatoms. The van der Waals surface area contributed by atoms with Crippen LogP contribution in [0.4, 0.5) is 0 Å². The van der Waals surface area contributed by atoms with Gasteiger partial charge < -0.3 is 0 Å². The van der Waals surface area contributed by atoms with Crippen LogP contribution in [0.2, 0.25) is 5.15 Å². The van der Waals surface area contributed by atoms with Crippen molar-refractivity contribution in [3.63, 3.8) is 0 Å². The molecule has 1 aromatic carbocycles. The second-order valence-corrected chi connectivity index (χ2v) is 5.36. The van der Waals surface area contributed by atoms with Crippen LogP contribution in [0.1, 0.15) is 37.0 Å². The van der Waals surface area contributed by atoms with E-state index in [1.807, 2.05) is 31.2 Å². The van der Waals surface area contributed by atoms with Gasteiger partial charge in [-0.1, -0.05) is 56.1 Å². The molecule has 2 aromatic rings. The lowest BCUT2D eigenvalue weighted by molar-refractivity contribution is 0.676. The molecule has 0 amide bonds. The third-order valence-corrected chi connectivity index (χ3v) is 3.88. The molecular weight excluding hydrogens is 288 g/mol. The Hall–Kier alpha value is -1.81. The fourth-order valence-electron chi connectivity index (χ4n) is 2.42. The SMILES string of the molecule is CCCc1c(Cl)[nH]c(=O)n(Cc2ccccc2CC)c1=O. The number of aromatic amines is 1. The van der Waals surface area contributed by atoms with E-state index in [1.165, 1.54) is 4.57 Å². The summed E-state index contributed by atoms with van der Waals surface area (Å²) >= 11 is 5.98. The van der Waals surface area contributed by atoms with Gasteiger partial charge in [0.2, 0.25) is 0 Å². The largest absolute Gasteiger partial charge is 0.329 e. The van der Waals surface area contributed by atoms with Gasteiger partial charge in [-0.15, -0.1) is 0 Å². The Labute approximate surface area is 128 Å². The summed E-state index contributed by atoms with van der Waals surface area (Å²) in [5.41, 5.74) is 1.84. The number of H-pyrrole nitrogens is 1. The maximum Gasteiger partial charge on any atom is 0.329 e. The molecule has 0 atom stereocenters. The molecule has 0 bridgehead atoms. The molecule has 1 heterocycles. The molecule has 1 N–H and O–H groups in total. The Morgan fingerprint density at radius 3 is 2.43 bits per heavy atom. The first-order valence-electron chi connectivity index (χ1n) is 7.16. The van der Waals surface area contributed by atoms with Crippen LogP contribution in [0.15, 0.2) is 33.9 Å². The van der Waals surface area contributed by atoms with Gasteiger partial charge in [-0.3, -0.25) is 14.3 Å². The number of rotatable bonds is 5. The lowest BCUT2D eigenvalue weighted by Crippen LogP contribution is -2.37. The van der Waals surface area contributed by atoms with Crippen molar-refractivity contribution in [2.75, 3.05) is 0 Å². The van der Waals surface area contributed by atoms with Crippen molar-refractivity contribution < 1.29 is 0 Å². The summed E-state index contributed by atoms with van der Waals surface area (Å²) in [6.07, 6.45) is 2.22. The average Bonchev–Trinajstić information content (AvgIpc) is 2.48. The predicted molar refractivity (Wildman–Crippen MR) is 85.2 cm³/mol. The fourth-order valence-corrected chi connectivity index (χ4v) is 2.68. The first-order valence-corrected chi connectivity index (χ1v) is 7.54. The van der Waals surface area contributed by atoms with Gasteiger partial charge in [0, 0.05) is 0 Å². The summed E-state index contributed by atoms with van der Waals surface area (Å²) in [6, 6.07) is 7.83. The van der Waals surface area contributed by atoms with Gasteiger partial charge in [0.05, 0.1) is 12.1 Å². The minimum Gasteiger partial charge on any atom is -0.297 e. The van der Waals surface area contributed by atoms with Crippen molar-refractivity contribution >= 4 is 11.6 Å². The number of aryl methyl sites for hydroxylation is 1. The van der Waals surface area contributed by atoms with E-state index >= 15 is 0 Å². The first-order chi connectivity index (χ1) is 10.1. The zero-order valence-electron chi connectivity index (χ0n) is 12.3. The molecule has 1 aromatic heterocycles. The van der Waals surface area contributed by atoms with E-state index in [-0.39, 0.29) is 17.3 Å². The summed E-state index contributed by atoms with van der Waals surface area (Å²) in [5, 5.41) is 0.159. The highest BCUT2D eigenvalue weighted by Crippen LogP contribution is 2.11. The highest BCUT2D eigenvalue weighted by Gasteiger charge is 2.13. The third kappa shape index (κ3) is 3.27. The first kappa shape index (κ1) is 15.6. The average molecular weight is 307 g/mol. The summed E-state index contributed by atoms with van der Waals surface area (Å²) in [6.45, 7) is 4.29. The third-order valence-electron chi connectivity index (χ3n) is 3.56. The predicted octanol–water partition coefficient (Wildman–Crippen LogP) is 2.75. The molecule has 0 spiro atoms. The van der Waals surface area contributed by atoms with E-state index in [0.29, 0.717) is 12.0 Å². The number of halogens is 1. The van der Waals surface area contributed by atoms with Crippen molar-refractivity contribution in [3.05, 3.63) is 66.9 Å². The molecule has 0 fully saturated rings. The topological polar surface area (TPSA) is 54.9 Å². The quantitative estimate of drug-likeness (QED) is 0.864. The van der Waals surface area contributed by atoms with Crippen molar-refractivity contribution in [2.45, 2.75) is 39.7 Å². The minimum atomic E-state index is -0.462. The van der Waals surface area contributed by atoms with Crippen LogP contribution in [0.3, 0.4) is 0 Å². The number of hydrogen-bond donors (Lipinski definition) is 1. The molecule has 112 valence electrons. The van der Waals surface area contributed by atoms with Crippen LogP contribution < -0.4 is 11.2 Å². The van der Waals surface area contributed by atoms with Gasteiger partial charge in [-0.05, 0) is 24.0 Å². The molecule has 21 heavy (non-hydrogen) atoms. The molecule has 0 radical (unpaired) electrons. The standard InChI is InChI=1S/C16H19ClN2O2/c1-3-7-13-14(17)18-16(21)19(15(13)20)10-12-9-6-5-8-11(12)4-2/h5-6,8-9H,3-4,7,10H2,1-2H3,(H,18,21). The summed E-state index contributed by atoms with van der Waals surface area (Å²) in [4.78, 5) is 27.1. The number of nitrogens with one attached hydrogen (secondary N) is 1. The van der Waals surface area contributed by atoms with E-state index in [0.717, 1.165) is 24.0 Å². The van der Waals surface area contributed by atoms with Gasteiger partial charge in [0.15, 0.2) is 0 Å². The highest BCUT2D eigenvalue weighted by atomic mass is 35.5. The van der Waals surface area contributed by atoms with E-state index < -0.39 is 5.69 Å². The lowest BCUT2D eigenvalue weighted by atomic mass is 10.1. The van der Waals surface area contributed by atoms with Crippen LogP contribution in [0.5, 0.6) is 0 Å². The maximum absolute atomic E-state index is 12.5. The van der Waals surface area contributed by atoms with Crippen molar-refractivity contribution in [2.24, 2.45) is 0 Å². The normalized spacial score (nSPS) is 10.8. The van der Waals surface area contributed by atoms with Gasteiger partial charge in [0.25, 0.3) is 5.56 Å². The Balaban J connectivity index is 2.52. The van der Waals surface area contributed by atoms with E-state index in [9.17, 15) is 9.59 Å². The van der Waals surface area contributed by atoms with Crippen molar-refractivity contribution in [1.82, 2.24) is 9.55 Å². The number of benzene rings is 1.